The largest absolute Gasteiger partial charge is 0.478 e. The molecule has 102 valence electrons. The van der Waals surface area contributed by atoms with E-state index in [2.05, 4.69) is 0 Å². The molecule has 0 radical (unpaired) electrons. The van der Waals surface area contributed by atoms with E-state index in [4.69, 9.17) is 10.8 Å². The highest BCUT2D eigenvalue weighted by Gasteiger charge is 2.08. The number of hydrogen-bond acceptors (Lipinski definition) is 3. The first-order valence-electron chi connectivity index (χ1n) is 6.16. The molecule has 2 aromatic carbocycles. The highest BCUT2D eigenvalue weighted by atomic mass is 32.1. The molecule has 0 atom stereocenters. The molecule has 0 saturated heterocycles. The van der Waals surface area contributed by atoms with Gasteiger partial charge in [-0.1, -0.05) is 48.5 Å². The average Bonchev–Trinajstić information content (AvgIpc) is 2.93. The summed E-state index contributed by atoms with van der Waals surface area (Å²) in [5.41, 5.74) is 6.94. The number of nitrogens with two attached hydrogens (primary N) is 1. The molecule has 0 spiro atoms. The van der Waals surface area contributed by atoms with Crippen LogP contribution in [0, 0.1) is 0 Å². The fraction of sp³-hybridized carbons (Fsp3) is 0.0625. The van der Waals surface area contributed by atoms with Gasteiger partial charge in [-0.3, -0.25) is 0 Å². The minimum absolute atomic E-state index is 0.399. The minimum Gasteiger partial charge on any atom is -0.478 e. The van der Waals surface area contributed by atoms with Crippen molar-refractivity contribution in [1.82, 2.24) is 0 Å². The first kappa shape index (κ1) is 14.2. The van der Waals surface area contributed by atoms with Crippen LogP contribution < -0.4 is 5.73 Å². The van der Waals surface area contributed by atoms with Crippen LogP contribution in [0.1, 0.15) is 15.9 Å². The van der Waals surface area contributed by atoms with Crippen LogP contribution in [-0.2, 0) is 6.54 Å². The average molecular weight is 285 g/mol. The number of carboxylic acid groups (broad SMARTS) is 1. The molecule has 3 N–H and O–H groups in total. The second-order valence-corrected chi connectivity index (χ2v) is 5.05. The predicted octanol–water partition coefficient (Wildman–Crippen LogP) is 3.74. The summed E-state index contributed by atoms with van der Waals surface area (Å²) in [6.45, 7) is 0.640. The van der Waals surface area contributed by atoms with Gasteiger partial charge in [0, 0.05) is 22.0 Å². The summed E-state index contributed by atoms with van der Waals surface area (Å²) in [5.74, 6) is -0.854. The lowest BCUT2D eigenvalue weighted by atomic mass is 10.2. The predicted molar refractivity (Wildman–Crippen MR) is 83.1 cm³/mol. The molecule has 4 heteroatoms. The number of aromatic carboxylic acids is 1. The first-order chi connectivity index (χ1) is 9.72. The molecule has 0 unspecified atom stereocenters. The Hall–Kier alpha value is -2.17. The van der Waals surface area contributed by atoms with Crippen LogP contribution in [0.2, 0.25) is 0 Å². The van der Waals surface area contributed by atoms with E-state index in [1.54, 1.807) is 5.38 Å². The molecule has 1 heterocycles. The molecule has 0 aliphatic heterocycles. The summed E-state index contributed by atoms with van der Waals surface area (Å²) in [4.78, 5) is 10.7. The Balaban J connectivity index is 0.000000160. The molecule has 0 saturated carbocycles. The maximum atomic E-state index is 10.7. The van der Waals surface area contributed by atoms with Gasteiger partial charge >= 0.3 is 5.97 Å². The second-order valence-electron chi connectivity index (χ2n) is 4.14. The molecule has 3 aromatic rings. The van der Waals surface area contributed by atoms with Crippen LogP contribution in [0.3, 0.4) is 0 Å². The smallest absolute Gasteiger partial charge is 0.337 e. The van der Waals surface area contributed by atoms with Gasteiger partial charge in [-0.15, -0.1) is 11.3 Å². The highest BCUT2D eigenvalue weighted by Crippen LogP contribution is 2.25. The molecule has 3 rings (SSSR count). The number of thiophene rings is 1. The van der Waals surface area contributed by atoms with Gasteiger partial charge in [0.1, 0.15) is 0 Å². The van der Waals surface area contributed by atoms with Gasteiger partial charge in [0.15, 0.2) is 0 Å². The van der Waals surface area contributed by atoms with Gasteiger partial charge < -0.3 is 10.8 Å². The van der Waals surface area contributed by atoms with E-state index in [1.165, 1.54) is 16.9 Å². The summed E-state index contributed by atoms with van der Waals surface area (Å²) in [6.07, 6.45) is 0. The van der Waals surface area contributed by atoms with Gasteiger partial charge in [-0.2, -0.15) is 0 Å². The summed E-state index contributed by atoms with van der Waals surface area (Å²) in [6, 6.07) is 17.5. The Bertz CT molecular complexity index is 692. The lowest BCUT2D eigenvalue weighted by Crippen LogP contribution is -1.94. The van der Waals surface area contributed by atoms with Crippen molar-refractivity contribution >= 4 is 27.4 Å². The lowest BCUT2D eigenvalue weighted by Gasteiger charge is -1.90. The fourth-order valence-corrected chi connectivity index (χ4v) is 2.69. The Morgan fingerprint density at radius 3 is 2.30 bits per heavy atom. The summed E-state index contributed by atoms with van der Waals surface area (Å²) < 4.78 is 1.02. The highest BCUT2D eigenvalue weighted by molar-refractivity contribution is 7.17. The third kappa shape index (κ3) is 3.44. The second kappa shape index (κ2) is 6.84. The van der Waals surface area contributed by atoms with Gasteiger partial charge in [0.25, 0.3) is 0 Å². The molecule has 3 nitrogen and oxygen atoms in total. The number of fused-ring (bicyclic) bond motifs is 1. The van der Waals surface area contributed by atoms with E-state index in [9.17, 15) is 4.79 Å². The molecule has 0 aliphatic rings. The zero-order chi connectivity index (χ0) is 14.4. The Morgan fingerprint density at radius 2 is 1.70 bits per heavy atom. The van der Waals surface area contributed by atoms with E-state index >= 15 is 0 Å². The topological polar surface area (TPSA) is 63.3 Å². The fourth-order valence-electron chi connectivity index (χ4n) is 1.76. The quantitative estimate of drug-likeness (QED) is 0.754. The van der Waals surface area contributed by atoms with Gasteiger partial charge in [-0.25, -0.2) is 4.79 Å². The molecule has 20 heavy (non-hydrogen) atoms. The van der Waals surface area contributed by atoms with Crippen molar-refractivity contribution in [3.8, 4) is 0 Å². The zero-order valence-electron chi connectivity index (χ0n) is 10.8. The molecular formula is C16H15NO2S. The maximum absolute atomic E-state index is 10.7. The minimum atomic E-state index is -0.854. The van der Waals surface area contributed by atoms with Crippen LogP contribution in [0.5, 0.6) is 0 Å². The van der Waals surface area contributed by atoms with Crippen LogP contribution in [-0.4, -0.2) is 11.1 Å². The van der Waals surface area contributed by atoms with Gasteiger partial charge in [0.2, 0.25) is 0 Å². The first-order valence-corrected chi connectivity index (χ1v) is 7.04. The SMILES string of the molecule is NCc1ccccc1.O=C(O)c1csc2ccccc12. The van der Waals surface area contributed by atoms with Crippen molar-refractivity contribution < 1.29 is 9.90 Å². The molecular weight excluding hydrogens is 270 g/mol. The van der Waals surface area contributed by atoms with Gasteiger partial charge in [0.05, 0.1) is 5.56 Å². The van der Waals surface area contributed by atoms with Crippen molar-refractivity contribution in [2.24, 2.45) is 5.73 Å². The Kier molecular flexibility index (Phi) is 4.87. The summed E-state index contributed by atoms with van der Waals surface area (Å²) >= 11 is 1.46. The number of carboxylic acids is 1. The normalized spacial score (nSPS) is 9.85. The van der Waals surface area contributed by atoms with Gasteiger partial charge in [-0.05, 0) is 11.6 Å². The van der Waals surface area contributed by atoms with Crippen molar-refractivity contribution in [3.63, 3.8) is 0 Å². The van der Waals surface area contributed by atoms with Crippen molar-refractivity contribution in [1.29, 1.82) is 0 Å². The van der Waals surface area contributed by atoms with Crippen molar-refractivity contribution in [3.05, 3.63) is 71.1 Å². The van der Waals surface area contributed by atoms with E-state index in [0.29, 0.717) is 12.1 Å². The van der Waals surface area contributed by atoms with Crippen LogP contribution in [0.4, 0.5) is 0 Å². The molecule has 0 bridgehead atoms. The third-order valence-electron chi connectivity index (χ3n) is 2.79. The van der Waals surface area contributed by atoms with Crippen molar-refractivity contribution in [2.45, 2.75) is 6.54 Å². The summed E-state index contributed by atoms with van der Waals surface area (Å²) in [7, 11) is 0. The molecule has 0 aliphatic carbocycles. The molecule has 0 fully saturated rings. The van der Waals surface area contributed by atoms with Crippen molar-refractivity contribution in [2.75, 3.05) is 0 Å². The number of carbonyl (C=O) groups is 1. The van der Waals surface area contributed by atoms with Crippen LogP contribution in [0.25, 0.3) is 10.1 Å². The van der Waals surface area contributed by atoms with Crippen LogP contribution >= 0.6 is 11.3 Å². The van der Waals surface area contributed by atoms with E-state index < -0.39 is 5.97 Å². The molecule has 1 aromatic heterocycles. The molecule has 0 amide bonds. The van der Waals surface area contributed by atoms with E-state index in [1.807, 2.05) is 54.6 Å². The maximum Gasteiger partial charge on any atom is 0.337 e. The zero-order valence-corrected chi connectivity index (χ0v) is 11.6. The van der Waals surface area contributed by atoms with E-state index in [0.717, 1.165) is 10.1 Å². The number of benzene rings is 2. The van der Waals surface area contributed by atoms with Crippen LogP contribution in [0.15, 0.2) is 60.0 Å². The third-order valence-corrected chi connectivity index (χ3v) is 3.75. The lowest BCUT2D eigenvalue weighted by molar-refractivity contribution is 0.0699. The van der Waals surface area contributed by atoms with E-state index in [-0.39, 0.29) is 0 Å². The Morgan fingerprint density at radius 1 is 1.05 bits per heavy atom. The Labute approximate surface area is 121 Å². The summed E-state index contributed by atoms with van der Waals surface area (Å²) in [5, 5.41) is 11.3. The number of hydrogen-bond donors (Lipinski definition) is 2. The monoisotopic (exact) mass is 285 g/mol. The number of rotatable bonds is 2. The standard InChI is InChI=1S/C9H6O2S.C7H9N/c10-9(11)7-5-12-8-4-2-1-3-6(7)8;8-6-7-4-2-1-3-5-7/h1-5H,(H,10,11);1-5H,6,8H2.